The average Bonchev–Trinajstić information content (AvgIpc) is 2.11. The molecule has 0 bridgehead atoms. The van der Waals surface area contributed by atoms with Crippen molar-refractivity contribution in [3.63, 3.8) is 0 Å². The van der Waals surface area contributed by atoms with Crippen LogP contribution in [0.15, 0.2) is 48.3 Å². The van der Waals surface area contributed by atoms with Gasteiger partial charge in [0.2, 0.25) is 0 Å². The van der Waals surface area contributed by atoms with Crippen molar-refractivity contribution >= 4 is 0 Å². The zero-order chi connectivity index (χ0) is 9.68. The molecule has 0 aromatic carbocycles. The smallest absolute Gasteiger partial charge is 0.0902 e. The Kier molecular flexibility index (Phi) is 3.56. The molecule has 0 atom stereocenters. The summed E-state index contributed by atoms with van der Waals surface area (Å²) in [5, 5.41) is 0. The van der Waals surface area contributed by atoms with Crippen molar-refractivity contribution in [3.05, 3.63) is 48.3 Å². The van der Waals surface area contributed by atoms with E-state index < -0.39 is 0 Å². The lowest BCUT2D eigenvalue weighted by Crippen LogP contribution is -2.01. The van der Waals surface area contributed by atoms with Gasteiger partial charge in [-0.1, -0.05) is 25.3 Å². The van der Waals surface area contributed by atoms with Crippen LogP contribution in [0.4, 0.5) is 0 Å². The highest BCUT2D eigenvalue weighted by molar-refractivity contribution is 5.47. The van der Waals surface area contributed by atoms with Gasteiger partial charge in [0, 0.05) is 5.57 Å². The van der Waals surface area contributed by atoms with E-state index in [1.807, 2.05) is 12.2 Å². The molecule has 1 saturated carbocycles. The van der Waals surface area contributed by atoms with Crippen LogP contribution in [0.25, 0.3) is 0 Å². The third-order valence-corrected chi connectivity index (χ3v) is 2.21. The lowest BCUT2D eigenvalue weighted by atomic mass is 9.86. The van der Waals surface area contributed by atoms with Crippen molar-refractivity contribution < 1.29 is 4.74 Å². The highest BCUT2D eigenvalue weighted by atomic mass is 16.5. The first-order chi connectivity index (χ1) is 6.29. The van der Waals surface area contributed by atoms with Crippen LogP contribution in [0.3, 0.4) is 0 Å². The van der Waals surface area contributed by atoms with Crippen LogP contribution in [0, 0.1) is 0 Å². The number of rotatable bonds is 2. The summed E-state index contributed by atoms with van der Waals surface area (Å²) in [7, 11) is 1.67. The molecule has 1 aliphatic carbocycles. The maximum absolute atomic E-state index is 5.03. The summed E-state index contributed by atoms with van der Waals surface area (Å²) in [5.41, 5.74) is 3.60. The van der Waals surface area contributed by atoms with E-state index in [4.69, 9.17) is 4.74 Å². The van der Waals surface area contributed by atoms with E-state index in [0.717, 1.165) is 18.4 Å². The lowest BCUT2D eigenvalue weighted by molar-refractivity contribution is 0.334. The largest absolute Gasteiger partial charge is 0.504 e. The first kappa shape index (κ1) is 9.85. The van der Waals surface area contributed by atoms with Gasteiger partial charge in [-0.25, -0.2) is 0 Å². The van der Waals surface area contributed by atoms with Crippen molar-refractivity contribution in [2.24, 2.45) is 0 Å². The molecule has 70 valence electrons. The molecular formula is C12H16O. The van der Waals surface area contributed by atoms with Crippen LogP contribution in [-0.2, 0) is 4.74 Å². The predicted octanol–water partition coefficient (Wildman–Crippen LogP) is 3.37. The first-order valence-corrected chi connectivity index (χ1v) is 4.52. The number of hydrogen-bond acceptors (Lipinski definition) is 1. The Morgan fingerprint density at radius 3 is 2.77 bits per heavy atom. The first-order valence-electron chi connectivity index (χ1n) is 4.52. The standard InChI is InChI=1S/C12H16O/c1-4-6-11-8-5-7-10(2)12(11)9-13-3/h4,6,9H,1-2,5,7-8H2,3H3/b11-6-,12-9-. The summed E-state index contributed by atoms with van der Waals surface area (Å²) >= 11 is 0. The van der Waals surface area contributed by atoms with Crippen LogP contribution < -0.4 is 0 Å². The lowest BCUT2D eigenvalue weighted by Gasteiger charge is -2.19. The van der Waals surface area contributed by atoms with E-state index in [1.54, 1.807) is 13.4 Å². The van der Waals surface area contributed by atoms with Crippen LogP contribution in [0.1, 0.15) is 19.3 Å². The zero-order valence-electron chi connectivity index (χ0n) is 8.18. The Balaban J connectivity index is 2.93. The minimum Gasteiger partial charge on any atom is -0.504 e. The molecule has 0 N–H and O–H groups in total. The van der Waals surface area contributed by atoms with Crippen molar-refractivity contribution in [2.45, 2.75) is 19.3 Å². The van der Waals surface area contributed by atoms with Crippen LogP contribution in [0.5, 0.6) is 0 Å². The van der Waals surface area contributed by atoms with Crippen LogP contribution in [-0.4, -0.2) is 7.11 Å². The minimum atomic E-state index is 1.07. The fourth-order valence-electron chi connectivity index (χ4n) is 1.58. The second-order valence-corrected chi connectivity index (χ2v) is 3.15. The molecule has 0 unspecified atom stereocenters. The van der Waals surface area contributed by atoms with E-state index in [2.05, 4.69) is 13.2 Å². The van der Waals surface area contributed by atoms with Crippen molar-refractivity contribution in [1.82, 2.24) is 0 Å². The number of hydrogen-bond donors (Lipinski definition) is 0. The Bertz CT molecular complexity index is 269. The average molecular weight is 176 g/mol. The normalized spacial score (nSPS) is 23.6. The molecule has 0 aliphatic heterocycles. The second kappa shape index (κ2) is 4.70. The third kappa shape index (κ3) is 2.35. The topological polar surface area (TPSA) is 9.23 Å². The maximum atomic E-state index is 5.03. The fourth-order valence-corrected chi connectivity index (χ4v) is 1.58. The summed E-state index contributed by atoms with van der Waals surface area (Å²) in [6.45, 7) is 7.72. The number of allylic oxidation sites excluding steroid dienone is 5. The molecule has 1 nitrogen and oxygen atoms in total. The van der Waals surface area contributed by atoms with Gasteiger partial charge >= 0.3 is 0 Å². The van der Waals surface area contributed by atoms with Crippen molar-refractivity contribution in [1.29, 1.82) is 0 Å². The monoisotopic (exact) mass is 176 g/mol. The summed E-state index contributed by atoms with van der Waals surface area (Å²) in [6, 6.07) is 0. The van der Waals surface area contributed by atoms with Gasteiger partial charge in [0.25, 0.3) is 0 Å². The maximum Gasteiger partial charge on any atom is 0.0902 e. The van der Waals surface area contributed by atoms with E-state index in [0.29, 0.717) is 0 Å². The summed E-state index contributed by atoms with van der Waals surface area (Å²) < 4.78 is 5.03. The van der Waals surface area contributed by atoms with Gasteiger partial charge in [0.05, 0.1) is 13.4 Å². The Hall–Kier alpha value is -1.24. The molecule has 1 aliphatic rings. The molecule has 0 aromatic rings. The van der Waals surface area contributed by atoms with Crippen molar-refractivity contribution in [2.75, 3.05) is 7.11 Å². The summed E-state index contributed by atoms with van der Waals surface area (Å²) in [4.78, 5) is 0. The van der Waals surface area contributed by atoms with E-state index in [9.17, 15) is 0 Å². The van der Waals surface area contributed by atoms with Gasteiger partial charge < -0.3 is 4.74 Å². The van der Waals surface area contributed by atoms with Crippen LogP contribution in [0.2, 0.25) is 0 Å². The summed E-state index contributed by atoms with van der Waals surface area (Å²) in [5.74, 6) is 0. The van der Waals surface area contributed by atoms with Gasteiger partial charge in [-0.05, 0) is 30.4 Å². The Morgan fingerprint density at radius 1 is 1.38 bits per heavy atom. The molecule has 0 spiro atoms. The molecule has 0 amide bonds. The quantitative estimate of drug-likeness (QED) is 0.586. The molecule has 0 heterocycles. The van der Waals surface area contributed by atoms with Gasteiger partial charge in [0.1, 0.15) is 0 Å². The highest BCUT2D eigenvalue weighted by Crippen LogP contribution is 2.32. The number of methoxy groups -OCH3 is 1. The van der Waals surface area contributed by atoms with E-state index in [1.165, 1.54) is 17.6 Å². The van der Waals surface area contributed by atoms with Gasteiger partial charge in [-0.3, -0.25) is 0 Å². The van der Waals surface area contributed by atoms with Gasteiger partial charge in [0.15, 0.2) is 0 Å². The second-order valence-electron chi connectivity index (χ2n) is 3.15. The fraction of sp³-hybridized carbons (Fsp3) is 0.333. The zero-order valence-corrected chi connectivity index (χ0v) is 8.18. The molecule has 0 aromatic heterocycles. The summed E-state index contributed by atoms with van der Waals surface area (Å²) in [6.07, 6.45) is 8.98. The SMILES string of the molecule is C=C/C=C1/CCCC(=C)/C1=C/OC. The minimum absolute atomic E-state index is 1.07. The molecule has 0 saturated heterocycles. The molecular weight excluding hydrogens is 160 g/mol. The Morgan fingerprint density at radius 2 is 2.15 bits per heavy atom. The molecule has 1 rings (SSSR count). The van der Waals surface area contributed by atoms with Crippen molar-refractivity contribution in [3.8, 4) is 0 Å². The molecule has 13 heavy (non-hydrogen) atoms. The molecule has 0 radical (unpaired) electrons. The Labute approximate surface area is 80.1 Å². The molecule has 1 heteroatoms. The molecule has 1 fully saturated rings. The van der Waals surface area contributed by atoms with E-state index in [-0.39, 0.29) is 0 Å². The third-order valence-electron chi connectivity index (χ3n) is 2.21. The van der Waals surface area contributed by atoms with E-state index >= 15 is 0 Å². The van der Waals surface area contributed by atoms with Gasteiger partial charge in [-0.15, -0.1) is 0 Å². The van der Waals surface area contributed by atoms with Gasteiger partial charge in [-0.2, -0.15) is 0 Å². The van der Waals surface area contributed by atoms with Crippen LogP contribution >= 0.6 is 0 Å². The highest BCUT2D eigenvalue weighted by Gasteiger charge is 2.14. The number of ether oxygens (including phenoxy) is 1. The predicted molar refractivity (Wildman–Crippen MR) is 56.4 cm³/mol.